The Kier molecular flexibility index (Phi) is 3.13. The molecule has 0 aromatic carbocycles. The Hall–Kier alpha value is -2.01. The molecule has 0 saturated heterocycles. The van der Waals surface area contributed by atoms with Crippen LogP contribution in [0.5, 0.6) is 0 Å². The van der Waals surface area contributed by atoms with E-state index in [0.29, 0.717) is 4.77 Å². The van der Waals surface area contributed by atoms with Crippen LogP contribution in [0, 0.1) is 11.7 Å². The molecule has 0 saturated carbocycles. The van der Waals surface area contributed by atoms with Crippen molar-refractivity contribution < 1.29 is 0 Å². The molecule has 0 fully saturated rings. The first-order valence-electron chi connectivity index (χ1n) is 6.19. The number of nitrogens with zero attached hydrogens (tertiary/aromatic N) is 3. The topological polar surface area (TPSA) is 46.5 Å². The Labute approximate surface area is 116 Å². The lowest BCUT2D eigenvalue weighted by atomic mass is 10.2. The molecule has 96 valence electrons. The molecule has 0 atom stereocenters. The van der Waals surface area contributed by atoms with Gasteiger partial charge in [-0.3, -0.25) is 4.98 Å². The van der Waals surface area contributed by atoms with Gasteiger partial charge in [-0.05, 0) is 42.9 Å². The molecular formula is C14H14N4S. The third kappa shape index (κ3) is 2.42. The molecular weight excluding hydrogens is 256 g/mol. The van der Waals surface area contributed by atoms with Crippen molar-refractivity contribution in [2.75, 3.05) is 0 Å². The predicted octanol–water partition coefficient (Wildman–Crippen LogP) is 3.04. The lowest BCUT2D eigenvalue weighted by Crippen LogP contribution is -2.03. The van der Waals surface area contributed by atoms with Crippen LogP contribution in [0.4, 0.5) is 0 Å². The van der Waals surface area contributed by atoms with E-state index in [0.717, 1.165) is 35.4 Å². The highest BCUT2D eigenvalue weighted by Gasteiger charge is 2.06. The van der Waals surface area contributed by atoms with Crippen molar-refractivity contribution in [1.82, 2.24) is 19.5 Å². The zero-order chi connectivity index (χ0) is 13.2. The monoisotopic (exact) mass is 270 g/mol. The average molecular weight is 270 g/mol. The minimum absolute atomic E-state index is 0.712. The van der Waals surface area contributed by atoms with Gasteiger partial charge in [-0.1, -0.05) is 6.07 Å². The second-order valence-corrected chi connectivity index (χ2v) is 4.92. The summed E-state index contributed by atoms with van der Waals surface area (Å²) in [6.45, 7) is 2.81. The second-order valence-electron chi connectivity index (χ2n) is 4.54. The Morgan fingerprint density at radius 2 is 2.21 bits per heavy atom. The first-order valence-corrected chi connectivity index (χ1v) is 6.60. The van der Waals surface area contributed by atoms with E-state index in [1.807, 2.05) is 42.1 Å². The van der Waals surface area contributed by atoms with Crippen molar-refractivity contribution in [1.29, 1.82) is 0 Å². The SMILES string of the molecule is Cc1cnc2c(c1)[nH]c(=S)n2CCc1ccccn1. The number of hydrogen-bond acceptors (Lipinski definition) is 3. The van der Waals surface area contributed by atoms with Gasteiger partial charge in [0, 0.05) is 31.1 Å². The van der Waals surface area contributed by atoms with E-state index in [2.05, 4.69) is 21.0 Å². The molecule has 0 aliphatic heterocycles. The Morgan fingerprint density at radius 3 is 3.00 bits per heavy atom. The number of hydrogen-bond donors (Lipinski definition) is 1. The quantitative estimate of drug-likeness (QED) is 0.744. The second kappa shape index (κ2) is 4.93. The van der Waals surface area contributed by atoms with Crippen LogP contribution in [-0.4, -0.2) is 19.5 Å². The van der Waals surface area contributed by atoms with Crippen LogP contribution in [0.3, 0.4) is 0 Å². The van der Waals surface area contributed by atoms with Crippen LogP contribution < -0.4 is 0 Å². The molecule has 0 aliphatic rings. The fourth-order valence-corrected chi connectivity index (χ4v) is 2.42. The lowest BCUT2D eigenvalue weighted by molar-refractivity contribution is 0.689. The van der Waals surface area contributed by atoms with E-state index in [1.54, 1.807) is 0 Å². The van der Waals surface area contributed by atoms with E-state index in [4.69, 9.17) is 12.2 Å². The van der Waals surface area contributed by atoms with Crippen LogP contribution in [0.15, 0.2) is 36.7 Å². The number of aromatic nitrogens is 4. The summed E-state index contributed by atoms with van der Waals surface area (Å²) in [5.41, 5.74) is 4.09. The summed E-state index contributed by atoms with van der Waals surface area (Å²) in [7, 11) is 0. The molecule has 19 heavy (non-hydrogen) atoms. The fraction of sp³-hybridized carbons (Fsp3) is 0.214. The predicted molar refractivity (Wildman–Crippen MR) is 77.6 cm³/mol. The smallest absolute Gasteiger partial charge is 0.179 e. The van der Waals surface area contributed by atoms with Crippen LogP contribution in [0.25, 0.3) is 11.2 Å². The van der Waals surface area contributed by atoms with Gasteiger partial charge in [0.15, 0.2) is 10.4 Å². The standard InChI is InChI=1S/C14H14N4S/c1-10-8-12-13(16-9-10)18(14(19)17-12)7-5-11-4-2-3-6-15-11/h2-4,6,8-9H,5,7H2,1H3,(H,17,19). The molecule has 3 rings (SSSR count). The first-order chi connectivity index (χ1) is 9.24. The lowest BCUT2D eigenvalue weighted by Gasteiger charge is -2.03. The largest absolute Gasteiger partial charge is 0.329 e. The summed E-state index contributed by atoms with van der Waals surface area (Å²) in [5, 5.41) is 0. The van der Waals surface area contributed by atoms with Gasteiger partial charge in [0.2, 0.25) is 0 Å². The van der Waals surface area contributed by atoms with Gasteiger partial charge in [0.05, 0.1) is 5.52 Å². The van der Waals surface area contributed by atoms with Gasteiger partial charge in [0.1, 0.15) is 0 Å². The Morgan fingerprint density at radius 1 is 1.32 bits per heavy atom. The first kappa shape index (κ1) is 12.0. The molecule has 0 bridgehead atoms. The zero-order valence-electron chi connectivity index (χ0n) is 10.6. The maximum absolute atomic E-state index is 5.36. The minimum atomic E-state index is 0.712. The maximum atomic E-state index is 5.36. The number of nitrogens with one attached hydrogen (secondary N) is 1. The normalized spacial score (nSPS) is 11.0. The molecule has 0 amide bonds. The number of fused-ring (bicyclic) bond motifs is 1. The molecule has 1 N–H and O–H groups in total. The summed E-state index contributed by atoms with van der Waals surface area (Å²) < 4.78 is 2.74. The number of pyridine rings is 2. The van der Waals surface area contributed by atoms with E-state index < -0.39 is 0 Å². The van der Waals surface area contributed by atoms with Crippen LogP contribution in [-0.2, 0) is 13.0 Å². The van der Waals surface area contributed by atoms with E-state index in [1.165, 1.54) is 0 Å². The highest BCUT2D eigenvalue weighted by Crippen LogP contribution is 2.13. The van der Waals surface area contributed by atoms with Gasteiger partial charge in [-0.25, -0.2) is 4.98 Å². The van der Waals surface area contributed by atoms with Crippen molar-refractivity contribution in [3.63, 3.8) is 0 Å². The number of aromatic amines is 1. The number of aryl methyl sites for hydroxylation is 3. The third-order valence-corrected chi connectivity index (χ3v) is 3.39. The summed E-state index contributed by atoms with van der Waals surface area (Å²) in [6.07, 6.45) is 4.52. The summed E-state index contributed by atoms with van der Waals surface area (Å²) in [5.74, 6) is 0. The highest BCUT2D eigenvalue weighted by molar-refractivity contribution is 7.71. The molecule has 0 spiro atoms. The zero-order valence-corrected chi connectivity index (χ0v) is 11.4. The third-order valence-electron chi connectivity index (χ3n) is 3.06. The number of rotatable bonds is 3. The molecule has 5 heteroatoms. The summed E-state index contributed by atoms with van der Waals surface area (Å²) >= 11 is 5.36. The molecule has 3 heterocycles. The van der Waals surface area contributed by atoms with Crippen molar-refractivity contribution in [2.45, 2.75) is 19.9 Å². The maximum Gasteiger partial charge on any atom is 0.179 e. The molecule has 0 unspecified atom stereocenters. The van der Waals surface area contributed by atoms with Gasteiger partial charge in [-0.2, -0.15) is 0 Å². The van der Waals surface area contributed by atoms with Crippen LogP contribution in [0.1, 0.15) is 11.3 Å². The van der Waals surface area contributed by atoms with Crippen LogP contribution in [0.2, 0.25) is 0 Å². The van der Waals surface area contributed by atoms with Crippen LogP contribution >= 0.6 is 12.2 Å². The summed E-state index contributed by atoms with van der Waals surface area (Å²) in [6, 6.07) is 8.01. The Balaban J connectivity index is 1.93. The molecule has 3 aromatic heterocycles. The van der Waals surface area contributed by atoms with E-state index >= 15 is 0 Å². The van der Waals surface area contributed by atoms with Crippen molar-refractivity contribution in [2.24, 2.45) is 0 Å². The van der Waals surface area contributed by atoms with E-state index in [-0.39, 0.29) is 0 Å². The number of H-pyrrole nitrogens is 1. The van der Waals surface area contributed by atoms with Crippen molar-refractivity contribution >= 4 is 23.4 Å². The minimum Gasteiger partial charge on any atom is -0.329 e. The fourth-order valence-electron chi connectivity index (χ4n) is 2.13. The number of imidazole rings is 1. The van der Waals surface area contributed by atoms with E-state index in [9.17, 15) is 0 Å². The van der Waals surface area contributed by atoms with Gasteiger partial charge >= 0.3 is 0 Å². The molecule has 3 aromatic rings. The average Bonchev–Trinajstić information content (AvgIpc) is 2.72. The van der Waals surface area contributed by atoms with Crippen molar-refractivity contribution in [3.8, 4) is 0 Å². The van der Waals surface area contributed by atoms with Crippen molar-refractivity contribution in [3.05, 3.63) is 52.7 Å². The molecule has 4 nitrogen and oxygen atoms in total. The highest BCUT2D eigenvalue weighted by atomic mass is 32.1. The van der Waals surface area contributed by atoms with Gasteiger partial charge in [0.25, 0.3) is 0 Å². The van der Waals surface area contributed by atoms with Gasteiger partial charge < -0.3 is 9.55 Å². The molecule has 0 radical (unpaired) electrons. The van der Waals surface area contributed by atoms with Gasteiger partial charge in [-0.15, -0.1) is 0 Å². The molecule has 0 aliphatic carbocycles. The summed E-state index contributed by atoms with van der Waals surface area (Å²) in [4.78, 5) is 12.0. The Bertz CT molecular complexity index is 758.